The molecule has 0 unspecified atom stereocenters. The standard InChI is InChI=1S/C13H16ClN3S/c14-3-5-16-6-8-17(9-7-16)13-11-2-10-18-12(11)1-4-15-13/h1-2,4,10H,3,5-9H2. The number of fused-ring (bicyclic) bond motifs is 1. The molecule has 0 atom stereocenters. The third kappa shape index (κ3) is 2.32. The second kappa shape index (κ2) is 5.43. The number of aromatic nitrogens is 1. The van der Waals surface area contributed by atoms with E-state index in [-0.39, 0.29) is 0 Å². The van der Waals surface area contributed by atoms with E-state index in [2.05, 4.69) is 32.3 Å². The van der Waals surface area contributed by atoms with Crippen molar-refractivity contribution in [2.75, 3.05) is 43.5 Å². The number of halogens is 1. The van der Waals surface area contributed by atoms with E-state index in [1.165, 1.54) is 10.1 Å². The average Bonchev–Trinajstić information content (AvgIpc) is 2.88. The van der Waals surface area contributed by atoms with Crippen LogP contribution in [0.3, 0.4) is 0 Å². The summed E-state index contributed by atoms with van der Waals surface area (Å²) in [6, 6.07) is 4.26. The number of rotatable bonds is 3. The Hall–Kier alpha value is -0.840. The van der Waals surface area contributed by atoms with Gasteiger partial charge in [0.15, 0.2) is 0 Å². The average molecular weight is 282 g/mol. The molecule has 3 nitrogen and oxygen atoms in total. The predicted molar refractivity (Wildman–Crippen MR) is 79.0 cm³/mol. The molecule has 1 aliphatic rings. The van der Waals surface area contributed by atoms with Gasteiger partial charge in [0.1, 0.15) is 5.82 Å². The highest BCUT2D eigenvalue weighted by Gasteiger charge is 2.19. The molecule has 0 spiro atoms. The lowest BCUT2D eigenvalue weighted by atomic mass is 10.2. The van der Waals surface area contributed by atoms with Gasteiger partial charge in [0, 0.05) is 54.9 Å². The molecule has 5 heteroatoms. The van der Waals surface area contributed by atoms with Crippen LogP contribution in [0, 0.1) is 0 Å². The van der Waals surface area contributed by atoms with Gasteiger partial charge >= 0.3 is 0 Å². The second-order valence-electron chi connectivity index (χ2n) is 4.48. The smallest absolute Gasteiger partial charge is 0.137 e. The van der Waals surface area contributed by atoms with Gasteiger partial charge in [0.2, 0.25) is 0 Å². The van der Waals surface area contributed by atoms with Crippen molar-refractivity contribution >= 4 is 38.8 Å². The summed E-state index contributed by atoms with van der Waals surface area (Å²) in [5.74, 6) is 1.86. The summed E-state index contributed by atoms with van der Waals surface area (Å²) in [7, 11) is 0. The molecule has 3 heterocycles. The number of piperazine rings is 1. The maximum atomic E-state index is 5.79. The van der Waals surface area contributed by atoms with Gasteiger partial charge in [-0.3, -0.25) is 4.90 Å². The number of nitrogens with zero attached hydrogens (tertiary/aromatic N) is 3. The van der Waals surface area contributed by atoms with Crippen molar-refractivity contribution in [3.63, 3.8) is 0 Å². The van der Waals surface area contributed by atoms with Gasteiger partial charge in [-0.25, -0.2) is 4.98 Å². The number of thiophene rings is 1. The van der Waals surface area contributed by atoms with Crippen LogP contribution in [0.15, 0.2) is 23.7 Å². The maximum Gasteiger partial charge on any atom is 0.137 e. The molecule has 1 saturated heterocycles. The fourth-order valence-corrected chi connectivity index (χ4v) is 3.45. The summed E-state index contributed by atoms with van der Waals surface area (Å²) in [4.78, 5) is 9.36. The number of pyridine rings is 1. The molecule has 1 aliphatic heterocycles. The Morgan fingerprint density at radius 1 is 1.22 bits per heavy atom. The van der Waals surface area contributed by atoms with Crippen LogP contribution in [0.25, 0.3) is 10.1 Å². The number of hydrogen-bond acceptors (Lipinski definition) is 4. The van der Waals surface area contributed by atoms with E-state index in [4.69, 9.17) is 11.6 Å². The highest BCUT2D eigenvalue weighted by molar-refractivity contribution is 7.17. The Bertz CT molecular complexity index is 520. The lowest BCUT2D eigenvalue weighted by Gasteiger charge is -2.35. The molecule has 0 aliphatic carbocycles. The first-order valence-electron chi connectivity index (χ1n) is 6.24. The minimum Gasteiger partial charge on any atom is -0.354 e. The molecule has 2 aromatic rings. The minimum absolute atomic E-state index is 0.721. The fraction of sp³-hybridized carbons (Fsp3) is 0.462. The van der Waals surface area contributed by atoms with E-state index in [0.29, 0.717) is 0 Å². The van der Waals surface area contributed by atoms with Gasteiger partial charge in [-0.15, -0.1) is 22.9 Å². The molecule has 3 rings (SSSR count). The van der Waals surface area contributed by atoms with E-state index >= 15 is 0 Å². The SMILES string of the molecule is ClCCN1CCN(c2nccc3sccc23)CC1. The molecule has 96 valence electrons. The normalized spacial score (nSPS) is 17.5. The zero-order valence-electron chi connectivity index (χ0n) is 10.2. The Morgan fingerprint density at radius 2 is 2.06 bits per heavy atom. The molecule has 0 N–H and O–H groups in total. The first-order chi connectivity index (χ1) is 8.88. The minimum atomic E-state index is 0.721. The van der Waals surface area contributed by atoms with Crippen molar-refractivity contribution in [2.45, 2.75) is 0 Å². The van der Waals surface area contributed by atoms with Crippen molar-refractivity contribution < 1.29 is 0 Å². The number of alkyl halides is 1. The van der Waals surface area contributed by atoms with E-state index in [1.54, 1.807) is 11.3 Å². The van der Waals surface area contributed by atoms with Gasteiger partial charge in [-0.05, 0) is 17.5 Å². The molecule has 0 amide bonds. The third-order valence-electron chi connectivity index (χ3n) is 3.43. The Balaban J connectivity index is 1.78. The van der Waals surface area contributed by atoms with Crippen molar-refractivity contribution in [1.29, 1.82) is 0 Å². The molecular formula is C13H16ClN3S. The number of hydrogen-bond donors (Lipinski definition) is 0. The summed E-state index contributed by atoms with van der Waals surface area (Å²) in [5.41, 5.74) is 0. The summed E-state index contributed by atoms with van der Waals surface area (Å²) < 4.78 is 1.32. The quantitative estimate of drug-likeness (QED) is 0.807. The van der Waals surface area contributed by atoms with Crippen molar-refractivity contribution in [1.82, 2.24) is 9.88 Å². The van der Waals surface area contributed by atoms with Crippen molar-refractivity contribution in [2.24, 2.45) is 0 Å². The van der Waals surface area contributed by atoms with E-state index in [1.807, 2.05) is 6.20 Å². The summed E-state index contributed by atoms with van der Waals surface area (Å²) in [6.45, 7) is 5.23. The number of anilines is 1. The zero-order chi connectivity index (χ0) is 12.4. The highest BCUT2D eigenvalue weighted by atomic mass is 35.5. The first kappa shape index (κ1) is 12.2. The van der Waals surface area contributed by atoms with Crippen LogP contribution in [0.4, 0.5) is 5.82 Å². The first-order valence-corrected chi connectivity index (χ1v) is 7.65. The van der Waals surface area contributed by atoms with Crippen molar-refractivity contribution in [3.05, 3.63) is 23.7 Å². The molecule has 0 radical (unpaired) electrons. The van der Waals surface area contributed by atoms with Gasteiger partial charge in [-0.1, -0.05) is 0 Å². The van der Waals surface area contributed by atoms with Crippen LogP contribution in [0.2, 0.25) is 0 Å². The van der Waals surface area contributed by atoms with Crippen LogP contribution in [0.1, 0.15) is 0 Å². The summed E-state index contributed by atoms with van der Waals surface area (Å²) in [5, 5.41) is 3.42. The molecule has 1 fully saturated rings. The van der Waals surface area contributed by atoms with Crippen LogP contribution in [-0.2, 0) is 0 Å². The van der Waals surface area contributed by atoms with Crippen LogP contribution >= 0.6 is 22.9 Å². The molecule has 2 aromatic heterocycles. The van der Waals surface area contributed by atoms with Crippen molar-refractivity contribution in [3.8, 4) is 0 Å². The van der Waals surface area contributed by atoms with Gasteiger partial charge in [0.05, 0.1) is 0 Å². The van der Waals surface area contributed by atoms with Gasteiger partial charge in [0.25, 0.3) is 0 Å². The second-order valence-corrected chi connectivity index (χ2v) is 5.81. The largest absolute Gasteiger partial charge is 0.354 e. The molecule has 0 bridgehead atoms. The molecular weight excluding hydrogens is 266 g/mol. The maximum absolute atomic E-state index is 5.79. The molecule has 0 saturated carbocycles. The predicted octanol–water partition coefficient (Wildman–Crippen LogP) is 2.66. The lowest BCUT2D eigenvalue weighted by molar-refractivity contribution is 0.272. The van der Waals surface area contributed by atoms with Gasteiger partial charge in [-0.2, -0.15) is 0 Å². The topological polar surface area (TPSA) is 19.4 Å². The molecule has 0 aromatic carbocycles. The monoisotopic (exact) mass is 281 g/mol. The Kier molecular flexibility index (Phi) is 3.68. The van der Waals surface area contributed by atoms with E-state index in [0.717, 1.165) is 44.4 Å². The highest BCUT2D eigenvalue weighted by Crippen LogP contribution is 2.28. The fourth-order valence-electron chi connectivity index (χ4n) is 2.43. The van der Waals surface area contributed by atoms with Gasteiger partial charge < -0.3 is 4.90 Å². The molecule has 18 heavy (non-hydrogen) atoms. The third-order valence-corrected chi connectivity index (χ3v) is 4.48. The summed E-state index contributed by atoms with van der Waals surface area (Å²) >= 11 is 7.57. The Labute approximate surface area is 116 Å². The lowest BCUT2D eigenvalue weighted by Crippen LogP contribution is -2.47. The van der Waals surface area contributed by atoms with Crippen LogP contribution in [0.5, 0.6) is 0 Å². The van der Waals surface area contributed by atoms with E-state index < -0.39 is 0 Å². The zero-order valence-corrected chi connectivity index (χ0v) is 11.8. The van der Waals surface area contributed by atoms with E-state index in [9.17, 15) is 0 Å². The van der Waals surface area contributed by atoms with Crippen LogP contribution < -0.4 is 4.90 Å². The van der Waals surface area contributed by atoms with Crippen LogP contribution in [-0.4, -0.2) is 48.5 Å². The summed E-state index contributed by atoms with van der Waals surface area (Å²) in [6.07, 6.45) is 1.92. The Morgan fingerprint density at radius 3 is 2.83 bits per heavy atom.